The van der Waals surface area contributed by atoms with E-state index in [4.69, 9.17) is 10.5 Å². The molecule has 0 amide bonds. The SMILES string of the molecule is C=C(\C=C(/N=C(C)/C=C(\N)C1CCCO1)NCCO)n1ccc(-c2cccc(F)c2)n1.CC. The van der Waals surface area contributed by atoms with E-state index in [1.807, 2.05) is 20.8 Å². The number of ether oxygens (including phenoxy) is 1. The Morgan fingerprint density at radius 1 is 1.39 bits per heavy atom. The predicted molar refractivity (Wildman–Crippen MR) is 132 cm³/mol. The van der Waals surface area contributed by atoms with Crippen LogP contribution in [0.2, 0.25) is 0 Å². The fourth-order valence-electron chi connectivity index (χ4n) is 3.21. The van der Waals surface area contributed by atoms with Crippen LogP contribution in [0.15, 0.2) is 71.8 Å². The molecule has 178 valence electrons. The molecule has 1 aliphatic heterocycles. The van der Waals surface area contributed by atoms with Crippen LogP contribution in [-0.2, 0) is 4.74 Å². The first-order valence-corrected chi connectivity index (χ1v) is 11.2. The van der Waals surface area contributed by atoms with Crippen LogP contribution in [0.5, 0.6) is 0 Å². The molecule has 0 aliphatic carbocycles. The topological polar surface area (TPSA) is 97.7 Å². The molecule has 2 aromatic rings. The maximum absolute atomic E-state index is 13.5. The molecule has 0 bridgehead atoms. The Morgan fingerprint density at radius 3 is 2.85 bits per heavy atom. The third-order valence-electron chi connectivity index (χ3n) is 4.70. The third kappa shape index (κ3) is 8.00. The zero-order valence-electron chi connectivity index (χ0n) is 19.6. The highest BCUT2D eigenvalue weighted by atomic mass is 19.1. The zero-order chi connectivity index (χ0) is 24.2. The summed E-state index contributed by atoms with van der Waals surface area (Å²) in [4.78, 5) is 4.56. The first kappa shape index (κ1) is 26.0. The molecule has 1 aromatic carbocycles. The molecule has 1 atom stereocenters. The van der Waals surface area contributed by atoms with Gasteiger partial charge in [0, 0.05) is 42.4 Å². The fourth-order valence-corrected chi connectivity index (χ4v) is 3.21. The van der Waals surface area contributed by atoms with Gasteiger partial charge in [-0.1, -0.05) is 32.6 Å². The molecule has 0 spiro atoms. The number of halogens is 1. The molecule has 3 rings (SSSR count). The summed E-state index contributed by atoms with van der Waals surface area (Å²) in [5, 5.41) is 16.7. The number of nitrogens with zero attached hydrogens (tertiary/aromatic N) is 3. The van der Waals surface area contributed by atoms with Gasteiger partial charge in [-0.3, -0.25) is 0 Å². The number of benzene rings is 1. The van der Waals surface area contributed by atoms with E-state index in [9.17, 15) is 9.50 Å². The fraction of sp³-hybridized carbons (Fsp3) is 0.360. The van der Waals surface area contributed by atoms with Crippen LogP contribution in [0, 0.1) is 5.82 Å². The van der Waals surface area contributed by atoms with Crippen molar-refractivity contribution >= 4 is 11.4 Å². The molecular weight excluding hydrogens is 421 g/mol. The minimum Gasteiger partial charge on any atom is -0.400 e. The maximum Gasteiger partial charge on any atom is 0.128 e. The number of hydrogen-bond acceptors (Lipinski definition) is 6. The molecule has 0 radical (unpaired) electrons. The van der Waals surface area contributed by atoms with Gasteiger partial charge in [-0.05, 0) is 44.0 Å². The highest BCUT2D eigenvalue weighted by molar-refractivity contribution is 5.94. The van der Waals surface area contributed by atoms with Gasteiger partial charge in [-0.25, -0.2) is 14.1 Å². The van der Waals surface area contributed by atoms with Crippen molar-refractivity contribution in [1.82, 2.24) is 15.1 Å². The third-order valence-corrected chi connectivity index (χ3v) is 4.70. The van der Waals surface area contributed by atoms with E-state index in [2.05, 4.69) is 22.0 Å². The zero-order valence-corrected chi connectivity index (χ0v) is 19.6. The molecule has 1 unspecified atom stereocenters. The van der Waals surface area contributed by atoms with Crippen molar-refractivity contribution in [2.75, 3.05) is 19.8 Å². The van der Waals surface area contributed by atoms with Crippen LogP contribution in [0.4, 0.5) is 4.39 Å². The Balaban J connectivity index is 0.00000187. The summed E-state index contributed by atoms with van der Waals surface area (Å²) in [6.07, 6.45) is 7.10. The molecule has 33 heavy (non-hydrogen) atoms. The molecule has 2 heterocycles. The average Bonchev–Trinajstić information content (AvgIpc) is 3.51. The first-order chi connectivity index (χ1) is 16.0. The normalized spacial score (nSPS) is 16.9. The lowest BCUT2D eigenvalue weighted by Crippen LogP contribution is -2.19. The lowest BCUT2D eigenvalue weighted by molar-refractivity contribution is 0.136. The second-order valence-corrected chi connectivity index (χ2v) is 7.23. The predicted octanol–water partition coefficient (Wildman–Crippen LogP) is 4.09. The minimum absolute atomic E-state index is 0.0439. The number of aliphatic imine (C=N–C) groups is 1. The quantitative estimate of drug-likeness (QED) is 0.391. The van der Waals surface area contributed by atoms with Gasteiger partial charge in [-0.15, -0.1) is 0 Å². The number of allylic oxidation sites excluding steroid dienone is 3. The highest BCUT2D eigenvalue weighted by Crippen LogP contribution is 2.20. The molecule has 1 aromatic heterocycles. The van der Waals surface area contributed by atoms with E-state index >= 15 is 0 Å². The van der Waals surface area contributed by atoms with Crippen LogP contribution in [0.25, 0.3) is 17.0 Å². The Morgan fingerprint density at radius 2 is 2.18 bits per heavy atom. The lowest BCUT2D eigenvalue weighted by atomic mass is 10.1. The second kappa shape index (κ2) is 13.3. The molecule has 8 heteroatoms. The minimum atomic E-state index is -0.318. The van der Waals surface area contributed by atoms with E-state index < -0.39 is 0 Å². The van der Waals surface area contributed by atoms with Gasteiger partial charge in [0.25, 0.3) is 0 Å². The molecule has 1 saturated heterocycles. The lowest BCUT2D eigenvalue weighted by Gasteiger charge is -2.11. The van der Waals surface area contributed by atoms with E-state index in [1.165, 1.54) is 12.1 Å². The number of aliphatic hydroxyl groups excluding tert-OH is 1. The van der Waals surface area contributed by atoms with Crippen LogP contribution in [0.1, 0.15) is 33.6 Å². The molecular formula is C25H34FN5O2. The summed E-state index contributed by atoms with van der Waals surface area (Å²) < 4.78 is 20.7. The number of hydrogen-bond donors (Lipinski definition) is 3. The number of nitrogens with two attached hydrogens (primary N) is 1. The van der Waals surface area contributed by atoms with Crippen LogP contribution < -0.4 is 11.1 Å². The summed E-state index contributed by atoms with van der Waals surface area (Å²) in [7, 11) is 0. The van der Waals surface area contributed by atoms with Crippen molar-refractivity contribution < 1.29 is 14.2 Å². The Hall–Kier alpha value is -3.23. The van der Waals surface area contributed by atoms with Crippen molar-refractivity contribution in [3.8, 4) is 11.3 Å². The van der Waals surface area contributed by atoms with Crippen molar-refractivity contribution in [2.24, 2.45) is 10.7 Å². The summed E-state index contributed by atoms with van der Waals surface area (Å²) in [5.41, 5.74) is 9.33. The largest absolute Gasteiger partial charge is 0.400 e. The van der Waals surface area contributed by atoms with Crippen LogP contribution in [-0.4, -0.2) is 46.5 Å². The second-order valence-electron chi connectivity index (χ2n) is 7.23. The van der Waals surface area contributed by atoms with Gasteiger partial charge in [0.05, 0.1) is 24.1 Å². The van der Waals surface area contributed by atoms with Gasteiger partial charge < -0.3 is 20.9 Å². The van der Waals surface area contributed by atoms with Gasteiger partial charge in [0.1, 0.15) is 11.6 Å². The maximum atomic E-state index is 13.5. The molecule has 1 aliphatic rings. The molecule has 4 N–H and O–H groups in total. The summed E-state index contributed by atoms with van der Waals surface area (Å²) in [5.74, 6) is 0.192. The molecule has 0 saturated carbocycles. The summed E-state index contributed by atoms with van der Waals surface area (Å²) >= 11 is 0. The van der Waals surface area contributed by atoms with Crippen LogP contribution in [0.3, 0.4) is 0 Å². The van der Waals surface area contributed by atoms with Crippen LogP contribution >= 0.6 is 0 Å². The van der Waals surface area contributed by atoms with E-state index in [-0.39, 0.29) is 18.5 Å². The standard InChI is InChI=1S/C23H28FN5O2.C2H6/c1-16(13-20(25)22-7-4-12-31-22)27-23(26-9-11-30)14-17(2)29-10-8-21(28-29)18-5-3-6-19(24)15-18;1-2/h3,5-6,8,10,13-15,22,26,30H,2,4,7,9,11-12,25H2,1H3;1-2H3/b20-13-,23-14-,27-16+;. The number of nitrogens with one attached hydrogen (secondary N) is 1. The number of aromatic nitrogens is 2. The van der Waals surface area contributed by atoms with Gasteiger partial charge in [0.2, 0.25) is 0 Å². The van der Waals surface area contributed by atoms with Gasteiger partial charge in [-0.2, -0.15) is 5.10 Å². The Kier molecular flexibility index (Phi) is 10.5. The monoisotopic (exact) mass is 455 g/mol. The summed E-state index contributed by atoms with van der Waals surface area (Å²) in [6, 6.07) is 8.04. The van der Waals surface area contributed by atoms with Gasteiger partial charge >= 0.3 is 0 Å². The van der Waals surface area contributed by atoms with E-state index in [0.717, 1.165) is 19.4 Å². The van der Waals surface area contributed by atoms with Crippen molar-refractivity contribution in [1.29, 1.82) is 0 Å². The molecule has 1 fully saturated rings. The molecule has 7 nitrogen and oxygen atoms in total. The summed E-state index contributed by atoms with van der Waals surface area (Å²) in [6.45, 7) is 10.9. The van der Waals surface area contributed by atoms with E-state index in [0.29, 0.717) is 40.7 Å². The van der Waals surface area contributed by atoms with Crippen molar-refractivity contribution in [3.05, 3.63) is 72.6 Å². The Bertz CT molecular complexity index is 1000. The van der Waals surface area contributed by atoms with Gasteiger partial charge in [0.15, 0.2) is 0 Å². The van der Waals surface area contributed by atoms with E-state index in [1.54, 1.807) is 41.2 Å². The number of rotatable bonds is 9. The highest BCUT2D eigenvalue weighted by Gasteiger charge is 2.17. The average molecular weight is 456 g/mol. The van der Waals surface area contributed by atoms with Crippen molar-refractivity contribution in [3.63, 3.8) is 0 Å². The van der Waals surface area contributed by atoms with Crippen molar-refractivity contribution in [2.45, 2.75) is 39.7 Å². The smallest absolute Gasteiger partial charge is 0.128 e. The first-order valence-electron chi connectivity index (χ1n) is 11.2. The Labute approximate surface area is 195 Å². The number of aliphatic hydroxyl groups is 1.